The first kappa shape index (κ1) is 24.2. The average Bonchev–Trinajstić information content (AvgIpc) is 2.75. The van der Waals surface area contributed by atoms with E-state index in [2.05, 4.69) is 0 Å². The van der Waals surface area contributed by atoms with Gasteiger partial charge in [-0.25, -0.2) is 9.59 Å². The Labute approximate surface area is 195 Å². The van der Waals surface area contributed by atoms with Gasteiger partial charge >= 0.3 is 11.9 Å². The van der Waals surface area contributed by atoms with Gasteiger partial charge in [-0.05, 0) is 61.2 Å². The number of hydrogen-bond acceptors (Lipinski definition) is 5. The second kappa shape index (κ2) is 10.0. The maximum absolute atomic E-state index is 12.8. The fraction of sp³-hybridized carbons (Fsp3) is 0.250. The summed E-state index contributed by atoms with van der Waals surface area (Å²) in [6, 6.07) is 19.0. The molecule has 0 aromatic heterocycles. The van der Waals surface area contributed by atoms with Gasteiger partial charge in [0, 0.05) is 12.5 Å². The Morgan fingerprint density at radius 2 is 1.21 bits per heavy atom. The number of nitrogens with two attached hydrogens (primary N) is 1. The van der Waals surface area contributed by atoms with Crippen molar-refractivity contribution in [2.24, 2.45) is 11.1 Å². The van der Waals surface area contributed by atoms with Crippen LogP contribution in [0.4, 0.5) is 0 Å². The van der Waals surface area contributed by atoms with Crippen molar-refractivity contribution in [2.75, 3.05) is 0 Å². The summed E-state index contributed by atoms with van der Waals surface area (Å²) < 4.78 is 11.3. The normalized spacial score (nSPS) is 12.2. The number of ether oxygens (including phenoxy) is 2. The van der Waals surface area contributed by atoms with E-state index in [4.69, 9.17) is 15.2 Å². The number of aryl methyl sites for hydroxylation is 2. The lowest BCUT2D eigenvalue weighted by Gasteiger charge is -2.27. The molecular weight excluding hydrogens is 414 g/mol. The third-order valence-electron chi connectivity index (χ3n) is 5.32. The average molecular weight is 445 g/mol. The number of rotatable bonds is 6. The van der Waals surface area contributed by atoms with Gasteiger partial charge in [-0.15, -0.1) is 0 Å². The molecule has 0 aliphatic carbocycles. The number of carbonyl (C=O) groups excluding carboxylic acids is 2. The molecule has 0 saturated carbocycles. The zero-order valence-electron chi connectivity index (χ0n) is 19.7. The van der Waals surface area contributed by atoms with Gasteiger partial charge in [-0.1, -0.05) is 62.2 Å². The lowest BCUT2D eigenvalue weighted by atomic mass is 9.84. The summed E-state index contributed by atoms with van der Waals surface area (Å²) in [6.07, 6.45) is 1.90. The minimum absolute atomic E-state index is 0.144. The molecular formula is C28H30NO4. The van der Waals surface area contributed by atoms with Crippen molar-refractivity contribution in [3.8, 4) is 11.5 Å². The molecule has 0 heterocycles. The third-order valence-corrected chi connectivity index (χ3v) is 5.32. The molecule has 171 valence electrons. The number of benzene rings is 3. The van der Waals surface area contributed by atoms with Crippen LogP contribution < -0.4 is 15.2 Å². The highest BCUT2D eigenvalue weighted by molar-refractivity contribution is 5.93. The smallest absolute Gasteiger partial charge is 0.343 e. The zero-order valence-corrected chi connectivity index (χ0v) is 19.7. The van der Waals surface area contributed by atoms with E-state index in [0.717, 1.165) is 16.7 Å². The molecule has 3 aromatic carbocycles. The van der Waals surface area contributed by atoms with Crippen molar-refractivity contribution in [1.29, 1.82) is 0 Å². The van der Waals surface area contributed by atoms with Gasteiger partial charge in [0.15, 0.2) is 11.5 Å². The second-order valence-electron chi connectivity index (χ2n) is 9.28. The highest BCUT2D eigenvalue weighted by Crippen LogP contribution is 2.32. The summed E-state index contributed by atoms with van der Waals surface area (Å²) in [4.78, 5) is 25.4. The Kier molecular flexibility index (Phi) is 7.34. The number of esters is 2. The standard InChI is InChI=1S/C28H30NO4/c1-18-6-11-21(12-7-18)26(30)32-23-15-10-20(17-25(29)28(3,4)5)16-24(23)33-27(31)22-13-8-19(2)9-14-22/h6-17,25H,29H2,1-5H3. The molecule has 0 aliphatic rings. The SMILES string of the molecule is Cc1ccc(C(=O)Oc2ccc([CH]C(N)C(C)(C)C)cc2OC(=O)c2ccc(C)cc2)cc1. The van der Waals surface area contributed by atoms with E-state index >= 15 is 0 Å². The molecule has 5 nitrogen and oxygen atoms in total. The lowest BCUT2D eigenvalue weighted by molar-refractivity contribution is 0.0682. The van der Waals surface area contributed by atoms with Crippen LogP contribution in [0.2, 0.25) is 0 Å². The van der Waals surface area contributed by atoms with Gasteiger partial charge < -0.3 is 15.2 Å². The van der Waals surface area contributed by atoms with Crippen molar-refractivity contribution in [2.45, 2.75) is 40.7 Å². The van der Waals surface area contributed by atoms with Gasteiger partial charge in [0.1, 0.15) is 0 Å². The molecule has 1 unspecified atom stereocenters. The Balaban J connectivity index is 1.89. The van der Waals surface area contributed by atoms with Gasteiger partial charge in [0.2, 0.25) is 0 Å². The van der Waals surface area contributed by atoms with E-state index < -0.39 is 11.9 Å². The van der Waals surface area contributed by atoms with E-state index in [1.807, 2.05) is 65.3 Å². The number of hydrogen-bond donors (Lipinski definition) is 1. The van der Waals surface area contributed by atoms with Crippen molar-refractivity contribution < 1.29 is 19.1 Å². The summed E-state index contributed by atoms with van der Waals surface area (Å²) in [5.41, 5.74) is 9.79. The van der Waals surface area contributed by atoms with Gasteiger partial charge in [0.25, 0.3) is 0 Å². The van der Waals surface area contributed by atoms with Crippen LogP contribution in [0.3, 0.4) is 0 Å². The Morgan fingerprint density at radius 3 is 1.67 bits per heavy atom. The summed E-state index contributed by atoms with van der Waals surface area (Å²) in [5.74, 6) is -0.774. The summed E-state index contributed by atoms with van der Waals surface area (Å²) in [7, 11) is 0. The van der Waals surface area contributed by atoms with E-state index in [9.17, 15) is 9.59 Å². The van der Waals surface area contributed by atoms with Crippen LogP contribution in [0.5, 0.6) is 11.5 Å². The third kappa shape index (κ3) is 6.53. The molecule has 3 aromatic rings. The summed E-state index contributed by atoms with van der Waals surface area (Å²) in [6.45, 7) is 10.0. The fourth-order valence-corrected chi connectivity index (χ4v) is 2.95. The van der Waals surface area contributed by atoms with Crippen LogP contribution in [0.15, 0.2) is 66.7 Å². The highest BCUT2D eigenvalue weighted by atomic mass is 16.6. The predicted octanol–water partition coefficient (Wildman–Crippen LogP) is 5.67. The molecule has 0 amide bonds. The van der Waals surface area contributed by atoms with Crippen LogP contribution in [0.1, 0.15) is 58.2 Å². The van der Waals surface area contributed by atoms with E-state index in [-0.39, 0.29) is 23.0 Å². The van der Waals surface area contributed by atoms with Crippen molar-refractivity contribution in [1.82, 2.24) is 0 Å². The zero-order chi connectivity index (χ0) is 24.2. The monoisotopic (exact) mass is 444 g/mol. The first-order valence-electron chi connectivity index (χ1n) is 10.8. The van der Waals surface area contributed by atoms with Crippen molar-refractivity contribution in [3.05, 3.63) is 101 Å². The molecule has 0 spiro atoms. The highest BCUT2D eigenvalue weighted by Gasteiger charge is 2.23. The molecule has 1 radical (unpaired) electrons. The quantitative estimate of drug-likeness (QED) is 0.392. The van der Waals surface area contributed by atoms with Crippen LogP contribution >= 0.6 is 0 Å². The number of carbonyl (C=O) groups is 2. The summed E-state index contributed by atoms with van der Waals surface area (Å²) >= 11 is 0. The van der Waals surface area contributed by atoms with Crippen molar-refractivity contribution >= 4 is 11.9 Å². The molecule has 2 N–H and O–H groups in total. The summed E-state index contributed by atoms with van der Waals surface area (Å²) in [5, 5.41) is 0. The second-order valence-corrected chi connectivity index (χ2v) is 9.28. The topological polar surface area (TPSA) is 78.6 Å². The molecule has 0 saturated heterocycles. The first-order chi connectivity index (χ1) is 15.5. The van der Waals surface area contributed by atoms with Gasteiger partial charge in [-0.2, -0.15) is 0 Å². The van der Waals surface area contributed by atoms with Crippen molar-refractivity contribution in [3.63, 3.8) is 0 Å². The molecule has 0 fully saturated rings. The van der Waals surface area contributed by atoms with Crippen LogP contribution in [0, 0.1) is 25.7 Å². The minimum atomic E-state index is -0.542. The van der Waals surface area contributed by atoms with E-state index in [1.165, 1.54) is 0 Å². The fourth-order valence-electron chi connectivity index (χ4n) is 2.95. The molecule has 1 atom stereocenters. The molecule has 0 aliphatic heterocycles. The van der Waals surface area contributed by atoms with Crippen LogP contribution in [-0.2, 0) is 0 Å². The molecule has 0 bridgehead atoms. The Hall–Kier alpha value is -3.44. The largest absolute Gasteiger partial charge is 0.419 e. The maximum Gasteiger partial charge on any atom is 0.343 e. The lowest BCUT2D eigenvalue weighted by Crippen LogP contribution is -2.35. The van der Waals surface area contributed by atoms with Crippen LogP contribution in [0.25, 0.3) is 0 Å². The molecule has 33 heavy (non-hydrogen) atoms. The van der Waals surface area contributed by atoms with E-state index in [0.29, 0.717) is 11.1 Å². The van der Waals surface area contributed by atoms with E-state index in [1.54, 1.807) is 42.5 Å². The first-order valence-corrected chi connectivity index (χ1v) is 10.8. The Bertz CT molecular complexity index is 1130. The molecule has 3 rings (SSSR count). The minimum Gasteiger partial charge on any atom is -0.419 e. The molecule has 5 heteroatoms. The van der Waals surface area contributed by atoms with Gasteiger partial charge in [0.05, 0.1) is 11.1 Å². The maximum atomic E-state index is 12.8. The Morgan fingerprint density at radius 1 is 0.758 bits per heavy atom. The van der Waals surface area contributed by atoms with Crippen LogP contribution in [-0.4, -0.2) is 18.0 Å². The predicted molar refractivity (Wildman–Crippen MR) is 130 cm³/mol. The van der Waals surface area contributed by atoms with Gasteiger partial charge in [-0.3, -0.25) is 0 Å².